The van der Waals surface area contributed by atoms with Crippen molar-refractivity contribution in [3.05, 3.63) is 74.9 Å². The molecule has 0 radical (unpaired) electrons. The molecule has 5 nitrogen and oxygen atoms in total. The molecule has 0 aliphatic heterocycles. The highest BCUT2D eigenvalue weighted by Crippen LogP contribution is 2.37. The molecule has 1 saturated carbocycles. The highest BCUT2D eigenvalue weighted by atomic mass is 35.5. The van der Waals surface area contributed by atoms with Crippen LogP contribution in [0.5, 0.6) is 0 Å². The monoisotopic (exact) mass is 467 g/mol. The van der Waals surface area contributed by atoms with Gasteiger partial charge in [0, 0.05) is 23.0 Å². The lowest BCUT2D eigenvalue weighted by atomic mass is 10.0. The lowest BCUT2D eigenvalue weighted by Gasteiger charge is -2.13. The number of hydrogen-bond acceptors (Lipinski definition) is 3. The Kier molecular flexibility index (Phi) is 5.94. The number of ketones is 1. The van der Waals surface area contributed by atoms with Crippen molar-refractivity contribution in [2.45, 2.75) is 44.4 Å². The molecule has 1 aliphatic rings. The minimum absolute atomic E-state index is 0.00123. The quantitative estimate of drug-likeness (QED) is 0.456. The highest BCUT2D eigenvalue weighted by Gasteiger charge is 2.36. The van der Waals surface area contributed by atoms with Crippen molar-refractivity contribution in [2.75, 3.05) is 0 Å². The molecule has 0 saturated heterocycles. The molecule has 3 aromatic rings. The smallest absolute Gasteiger partial charge is 0.298 e. The van der Waals surface area contributed by atoms with Gasteiger partial charge in [-0.25, -0.2) is 13.9 Å². The number of carbonyl (C=O) groups excluding carboxylic acids is 1. The fourth-order valence-electron chi connectivity index (χ4n) is 3.60. The fraction of sp³-hybridized carbons (Fsp3) is 0.318. The van der Waals surface area contributed by atoms with Crippen molar-refractivity contribution in [2.24, 2.45) is 0 Å². The van der Waals surface area contributed by atoms with Gasteiger partial charge in [-0.2, -0.15) is 13.2 Å². The zero-order valence-electron chi connectivity index (χ0n) is 16.7. The lowest BCUT2D eigenvalue weighted by Crippen LogP contribution is -2.27. The maximum absolute atomic E-state index is 13.7. The number of carbonyl (C=O) groups is 1. The van der Waals surface area contributed by atoms with E-state index in [4.69, 9.17) is 11.6 Å². The second-order valence-corrected chi connectivity index (χ2v) is 8.12. The second-order valence-electron chi connectivity index (χ2n) is 7.68. The Morgan fingerprint density at radius 1 is 1.12 bits per heavy atom. The Balaban J connectivity index is 1.54. The minimum Gasteiger partial charge on any atom is -0.298 e. The van der Waals surface area contributed by atoms with Crippen LogP contribution < -0.4 is 5.69 Å². The maximum Gasteiger partial charge on any atom is 0.419 e. The van der Waals surface area contributed by atoms with Gasteiger partial charge in [0.25, 0.3) is 0 Å². The number of aromatic nitrogens is 3. The molecule has 32 heavy (non-hydrogen) atoms. The first kappa shape index (κ1) is 22.3. The third kappa shape index (κ3) is 4.62. The summed E-state index contributed by atoms with van der Waals surface area (Å²) < 4.78 is 55.7. The molecule has 0 unspecified atom stereocenters. The molecular weight excluding hydrogens is 450 g/mol. The van der Waals surface area contributed by atoms with Crippen molar-refractivity contribution in [1.82, 2.24) is 14.3 Å². The van der Waals surface area contributed by atoms with Crippen LogP contribution in [0, 0.1) is 5.82 Å². The molecule has 4 rings (SSSR count). The second kappa shape index (κ2) is 8.54. The number of nitrogens with zero attached hydrogens (tertiary/aromatic N) is 3. The fourth-order valence-corrected chi connectivity index (χ4v) is 3.72. The SMILES string of the molecule is O=C(CCc1cccc(F)c1C(F)(F)F)Cn1nc(-c2ccc(Cl)cc2)n(C2CC2)c1=O. The zero-order valence-corrected chi connectivity index (χ0v) is 17.5. The molecule has 1 fully saturated rings. The average Bonchev–Trinajstić information content (AvgIpc) is 3.51. The topological polar surface area (TPSA) is 56.9 Å². The van der Waals surface area contributed by atoms with E-state index in [0.717, 1.165) is 29.7 Å². The Bertz CT molecular complexity index is 1210. The van der Waals surface area contributed by atoms with Crippen LogP contribution in [0.4, 0.5) is 17.6 Å². The minimum atomic E-state index is -4.86. The van der Waals surface area contributed by atoms with E-state index in [2.05, 4.69) is 5.10 Å². The summed E-state index contributed by atoms with van der Waals surface area (Å²) in [5.74, 6) is -1.45. The Morgan fingerprint density at radius 3 is 2.44 bits per heavy atom. The van der Waals surface area contributed by atoms with E-state index in [-0.39, 0.29) is 31.0 Å². The average molecular weight is 468 g/mol. The first-order chi connectivity index (χ1) is 15.1. The van der Waals surface area contributed by atoms with Gasteiger partial charge in [0.1, 0.15) is 12.4 Å². The molecule has 0 bridgehead atoms. The standard InChI is InChI=1S/C22H18ClF4N3O2/c23-15-7-4-14(5-8-15)20-28-29(21(32)30(20)16-9-10-16)12-17(31)11-6-13-2-1-3-18(24)19(13)22(25,26)27/h1-5,7-8,16H,6,9-12H2. The number of alkyl halides is 3. The van der Waals surface area contributed by atoms with E-state index in [1.807, 2.05) is 0 Å². The summed E-state index contributed by atoms with van der Waals surface area (Å²) >= 11 is 5.92. The van der Waals surface area contributed by atoms with Gasteiger partial charge in [-0.1, -0.05) is 23.7 Å². The normalized spacial score (nSPS) is 14.0. The molecule has 0 atom stereocenters. The van der Waals surface area contributed by atoms with E-state index < -0.39 is 29.0 Å². The molecule has 1 aliphatic carbocycles. The molecule has 10 heteroatoms. The van der Waals surface area contributed by atoms with E-state index in [1.54, 1.807) is 24.3 Å². The Hall–Kier alpha value is -2.94. The van der Waals surface area contributed by atoms with Crippen LogP contribution in [-0.2, 0) is 23.9 Å². The number of aryl methyl sites for hydroxylation is 1. The van der Waals surface area contributed by atoms with Crippen LogP contribution in [-0.4, -0.2) is 20.1 Å². The van der Waals surface area contributed by atoms with Crippen molar-refractivity contribution in [3.63, 3.8) is 0 Å². The Morgan fingerprint density at radius 2 is 1.81 bits per heavy atom. The molecule has 168 valence electrons. The first-order valence-electron chi connectivity index (χ1n) is 9.96. The van der Waals surface area contributed by atoms with Gasteiger partial charge >= 0.3 is 11.9 Å². The van der Waals surface area contributed by atoms with Crippen molar-refractivity contribution in [3.8, 4) is 11.4 Å². The van der Waals surface area contributed by atoms with Gasteiger partial charge in [-0.3, -0.25) is 9.36 Å². The number of Topliss-reactive ketones (excluding diaryl/α,β-unsaturated/α-hetero) is 1. The van der Waals surface area contributed by atoms with Gasteiger partial charge < -0.3 is 0 Å². The first-order valence-corrected chi connectivity index (χ1v) is 10.3. The third-order valence-corrected chi connectivity index (χ3v) is 5.52. The summed E-state index contributed by atoms with van der Waals surface area (Å²) in [6, 6.07) is 9.82. The van der Waals surface area contributed by atoms with Gasteiger partial charge in [-0.05, 0) is 55.2 Å². The predicted octanol–water partition coefficient (Wildman–Crippen LogP) is 5.06. The van der Waals surface area contributed by atoms with Crippen LogP contribution in [0.1, 0.15) is 36.4 Å². The van der Waals surface area contributed by atoms with Crippen LogP contribution in [0.2, 0.25) is 5.02 Å². The number of halogens is 5. The molecule has 0 spiro atoms. The lowest BCUT2D eigenvalue weighted by molar-refractivity contribution is -0.140. The molecule has 2 aromatic carbocycles. The van der Waals surface area contributed by atoms with E-state index >= 15 is 0 Å². The molecular formula is C22H18ClF4N3O2. The number of benzene rings is 2. The van der Waals surface area contributed by atoms with Gasteiger partial charge in [0.15, 0.2) is 11.6 Å². The predicted molar refractivity (Wildman–Crippen MR) is 110 cm³/mol. The van der Waals surface area contributed by atoms with Crippen LogP contribution in [0.3, 0.4) is 0 Å². The number of hydrogen-bond donors (Lipinski definition) is 0. The van der Waals surface area contributed by atoms with E-state index in [0.29, 0.717) is 16.4 Å². The van der Waals surface area contributed by atoms with Crippen LogP contribution >= 0.6 is 11.6 Å². The van der Waals surface area contributed by atoms with Crippen molar-refractivity contribution >= 4 is 17.4 Å². The molecule has 0 amide bonds. The zero-order chi connectivity index (χ0) is 23.0. The van der Waals surface area contributed by atoms with Gasteiger partial charge in [-0.15, -0.1) is 5.10 Å². The summed E-state index contributed by atoms with van der Waals surface area (Å²) in [5.41, 5.74) is -1.46. The Labute approximate surface area is 185 Å². The third-order valence-electron chi connectivity index (χ3n) is 5.27. The maximum atomic E-state index is 13.7. The summed E-state index contributed by atoms with van der Waals surface area (Å²) in [7, 11) is 0. The van der Waals surface area contributed by atoms with Crippen LogP contribution in [0.15, 0.2) is 47.3 Å². The number of rotatable bonds is 7. The molecule has 1 aromatic heterocycles. The van der Waals surface area contributed by atoms with E-state index in [9.17, 15) is 27.2 Å². The van der Waals surface area contributed by atoms with Gasteiger partial charge in [0.05, 0.1) is 5.56 Å². The van der Waals surface area contributed by atoms with Gasteiger partial charge in [0.2, 0.25) is 0 Å². The molecule has 1 heterocycles. The summed E-state index contributed by atoms with van der Waals surface area (Å²) in [6.07, 6.45) is -3.81. The van der Waals surface area contributed by atoms with Crippen molar-refractivity contribution in [1.29, 1.82) is 0 Å². The largest absolute Gasteiger partial charge is 0.419 e. The summed E-state index contributed by atoms with van der Waals surface area (Å²) in [5, 5.41) is 4.83. The highest BCUT2D eigenvalue weighted by molar-refractivity contribution is 6.30. The summed E-state index contributed by atoms with van der Waals surface area (Å²) in [6.45, 7) is -0.379. The van der Waals surface area contributed by atoms with E-state index in [1.165, 1.54) is 10.6 Å². The molecule has 0 N–H and O–H groups in total. The van der Waals surface area contributed by atoms with Crippen LogP contribution in [0.25, 0.3) is 11.4 Å². The van der Waals surface area contributed by atoms with Crippen molar-refractivity contribution < 1.29 is 22.4 Å². The summed E-state index contributed by atoms with van der Waals surface area (Å²) in [4.78, 5) is 25.3.